The van der Waals surface area contributed by atoms with E-state index in [1.54, 1.807) is 13.0 Å². The molecule has 2 aromatic rings. The number of nitriles is 1. The fourth-order valence-corrected chi connectivity index (χ4v) is 2.90. The van der Waals surface area contributed by atoms with E-state index in [2.05, 4.69) is 6.92 Å². The maximum absolute atomic E-state index is 12.3. The van der Waals surface area contributed by atoms with Crippen molar-refractivity contribution >= 4 is 16.7 Å². The molecule has 4 nitrogen and oxygen atoms in total. The lowest BCUT2D eigenvalue weighted by atomic mass is 10.0. The summed E-state index contributed by atoms with van der Waals surface area (Å²) in [5.74, 6) is 0.289. The largest absolute Gasteiger partial charge is 0.493 e. The van der Waals surface area contributed by atoms with Crippen LogP contribution >= 0.6 is 0 Å². The highest BCUT2D eigenvalue weighted by molar-refractivity contribution is 6.06. The van der Waals surface area contributed by atoms with E-state index < -0.39 is 12.1 Å². The molecule has 0 N–H and O–H groups in total. The third-order valence-electron chi connectivity index (χ3n) is 4.32. The van der Waals surface area contributed by atoms with Gasteiger partial charge in [0.1, 0.15) is 11.8 Å². The second-order valence-electron chi connectivity index (χ2n) is 6.45. The molecule has 0 bridgehead atoms. The zero-order valence-corrected chi connectivity index (χ0v) is 15.7. The van der Waals surface area contributed by atoms with Crippen LogP contribution < -0.4 is 4.74 Å². The molecule has 0 aromatic heterocycles. The van der Waals surface area contributed by atoms with Crippen LogP contribution in [0, 0.1) is 11.3 Å². The molecule has 0 radical (unpaired) electrons. The molecule has 0 saturated heterocycles. The van der Waals surface area contributed by atoms with Gasteiger partial charge in [0.05, 0.1) is 12.2 Å². The molecule has 2 aromatic carbocycles. The number of nitrogens with zero attached hydrogens (tertiary/aromatic N) is 1. The van der Waals surface area contributed by atoms with Crippen molar-refractivity contribution in [2.75, 3.05) is 6.61 Å². The Kier molecular flexibility index (Phi) is 7.95. The van der Waals surface area contributed by atoms with Crippen LogP contribution in [0.1, 0.15) is 62.7 Å². The maximum atomic E-state index is 12.3. The van der Waals surface area contributed by atoms with Gasteiger partial charge < -0.3 is 9.47 Å². The monoisotopic (exact) mass is 353 g/mol. The van der Waals surface area contributed by atoms with Gasteiger partial charge in [-0.2, -0.15) is 5.26 Å². The van der Waals surface area contributed by atoms with Gasteiger partial charge >= 0.3 is 5.97 Å². The summed E-state index contributed by atoms with van der Waals surface area (Å²) >= 11 is 0. The molecule has 2 rings (SSSR count). The first-order valence-corrected chi connectivity index (χ1v) is 9.42. The average molecular weight is 353 g/mol. The lowest BCUT2D eigenvalue weighted by Crippen LogP contribution is -2.13. The zero-order chi connectivity index (χ0) is 18.8. The minimum atomic E-state index is -0.773. The van der Waals surface area contributed by atoms with E-state index in [1.807, 2.05) is 36.4 Å². The Morgan fingerprint density at radius 3 is 2.50 bits per heavy atom. The third-order valence-corrected chi connectivity index (χ3v) is 4.32. The number of hydrogen-bond acceptors (Lipinski definition) is 4. The molecule has 0 aliphatic heterocycles. The van der Waals surface area contributed by atoms with Crippen molar-refractivity contribution in [1.29, 1.82) is 5.26 Å². The Balaban J connectivity index is 2.04. The van der Waals surface area contributed by atoms with Crippen molar-refractivity contribution in [3.05, 3.63) is 42.0 Å². The van der Waals surface area contributed by atoms with Gasteiger partial charge in [-0.1, -0.05) is 63.3 Å². The van der Waals surface area contributed by atoms with Gasteiger partial charge in [0, 0.05) is 5.39 Å². The Bertz CT molecular complexity index is 764. The minimum absolute atomic E-state index is 0.453. The van der Waals surface area contributed by atoms with E-state index in [1.165, 1.54) is 32.1 Å². The SMILES string of the molecule is CCCCCCCCOc1cccc2c(C(=O)OC(C)C#N)cccc12. The highest BCUT2D eigenvalue weighted by atomic mass is 16.5. The lowest BCUT2D eigenvalue weighted by molar-refractivity contribution is 0.0438. The number of hydrogen-bond donors (Lipinski definition) is 0. The molecule has 1 atom stereocenters. The van der Waals surface area contributed by atoms with E-state index in [-0.39, 0.29) is 0 Å². The number of ether oxygens (including phenoxy) is 2. The first-order valence-electron chi connectivity index (χ1n) is 9.42. The quantitative estimate of drug-likeness (QED) is 0.409. The van der Waals surface area contributed by atoms with Crippen LogP contribution in [0.2, 0.25) is 0 Å². The zero-order valence-electron chi connectivity index (χ0n) is 15.7. The molecule has 0 aliphatic carbocycles. The van der Waals surface area contributed by atoms with Gasteiger partial charge in [0.15, 0.2) is 6.10 Å². The van der Waals surface area contributed by atoms with Crippen molar-refractivity contribution < 1.29 is 14.3 Å². The summed E-state index contributed by atoms with van der Waals surface area (Å²) in [6, 6.07) is 13.1. The summed E-state index contributed by atoms with van der Waals surface area (Å²) in [7, 11) is 0. The Hall–Kier alpha value is -2.54. The number of carbonyl (C=O) groups excluding carboxylic acids is 1. The predicted octanol–water partition coefficient (Wildman–Crippen LogP) is 5.65. The Labute approximate surface area is 155 Å². The molecular weight excluding hydrogens is 326 g/mol. The average Bonchev–Trinajstić information content (AvgIpc) is 2.66. The van der Waals surface area contributed by atoms with Gasteiger partial charge in [-0.05, 0) is 30.9 Å². The van der Waals surface area contributed by atoms with Crippen molar-refractivity contribution in [3.63, 3.8) is 0 Å². The molecule has 0 spiro atoms. The summed E-state index contributed by atoms with van der Waals surface area (Å²) in [4.78, 5) is 12.3. The normalized spacial score (nSPS) is 11.7. The molecular formula is C22H27NO3. The fourth-order valence-electron chi connectivity index (χ4n) is 2.90. The van der Waals surface area contributed by atoms with Crippen LogP contribution in [0.5, 0.6) is 5.75 Å². The highest BCUT2D eigenvalue weighted by Gasteiger charge is 2.15. The second kappa shape index (κ2) is 10.5. The molecule has 0 amide bonds. The number of esters is 1. The molecule has 4 heteroatoms. The number of rotatable bonds is 10. The van der Waals surface area contributed by atoms with E-state index in [0.29, 0.717) is 12.2 Å². The number of fused-ring (bicyclic) bond motifs is 1. The summed E-state index contributed by atoms with van der Waals surface area (Å²) in [5, 5.41) is 10.5. The molecule has 0 fully saturated rings. The van der Waals surface area contributed by atoms with E-state index in [4.69, 9.17) is 14.7 Å². The van der Waals surface area contributed by atoms with Gasteiger partial charge in [-0.25, -0.2) is 4.79 Å². The first-order chi connectivity index (χ1) is 12.7. The summed E-state index contributed by atoms with van der Waals surface area (Å²) in [6.45, 7) is 4.44. The van der Waals surface area contributed by atoms with E-state index in [9.17, 15) is 4.79 Å². The summed E-state index contributed by atoms with van der Waals surface area (Å²) < 4.78 is 11.1. The number of benzene rings is 2. The molecule has 0 aliphatic rings. The summed E-state index contributed by atoms with van der Waals surface area (Å²) in [6.07, 6.45) is 6.52. The Morgan fingerprint density at radius 1 is 1.04 bits per heavy atom. The molecule has 26 heavy (non-hydrogen) atoms. The van der Waals surface area contributed by atoms with Gasteiger partial charge in [0.2, 0.25) is 0 Å². The van der Waals surface area contributed by atoms with E-state index >= 15 is 0 Å². The predicted molar refractivity (Wildman–Crippen MR) is 103 cm³/mol. The first kappa shape index (κ1) is 19.8. The molecule has 0 saturated carbocycles. The highest BCUT2D eigenvalue weighted by Crippen LogP contribution is 2.29. The van der Waals surface area contributed by atoms with Crippen molar-refractivity contribution in [2.24, 2.45) is 0 Å². The molecule has 138 valence electrons. The topological polar surface area (TPSA) is 59.3 Å². The van der Waals surface area contributed by atoms with Crippen molar-refractivity contribution in [2.45, 2.75) is 58.5 Å². The van der Waals surface area contributed by atoms with Crippen LogP contribution in [0.4, 0.5) is 0 Å². The van der Waals surface area contributed by atoms with Crippen LogP contribution in [-0.4, -0.2) is 18.7 Å². The van der Waals surface area contributed by atoms with Gasteiger partial charge in [0.25, 0.3) is 0 Å². The van der Waals surface area contributed by atoms with Crippen LogP contribution in [-0.2, 0) is 4.74 Å². The summed E-state index contributed by atoms with van der Waals surface area (Å²) in [5.41, 5.74) is 0.453. The maximum Gasteiger partial charge on any atom is 0.340 e. The standard InChI is InChI=1S/C22H27NO3/c1-3-4-5-6-7-8-15-25-21-14-10-11-18-19(21)12-9-13-20(18)22(24)26-17(2)16-23/h9-14,17H,3-8,15H2,1-2H3. The van der Waals surface area contributed by atoms with Crippen LogP contribution in [0.3, 0.4) is 0 Å². The molecule has 0 heterocycles. The smallest absolute Gasteiger partial charge is 0.340 e. The van der Waals surface area contributed by atoms with Crippen LogP contribution in [0.15, 0.2) is 36.4 Å². The van der Waals surface area contributed by atoms with Crippen LogP contribution in [0.25, 0.3) is 10.8 Å². The van der Waals surface area contributed by atoms with Crippen molar-refractivity contribution in [1.82, 2.24) is 0 Å². The van der Waals surface area contributed by atoms with Gasteiger partial charge in [-0.15, -0.1) is 0 Å². The number of unbranched alkanes of at least 4 members (excludes halogenated alkanes) is 5. The number of carbonyl (C=O) groups is 1. The fraction of sp³-hybridized carbons (Fsp3) is 0.455. The second-order valence-corrected chi connectivity index (χ2v) is 6.45. The molecule has 1 unspecified atom stereocenters. The lowest BCUT2D eigenvalue weighted by Gasteiger charge is -2.12. The van der Waals surface area contributed by atoms with E-state index in [0.717, 1.165) is 22.9 Å². The minimum Gasteiger partial charge on any atom is -0.493 e. The van der Waals surface area contributed by atoms with Crippen molar-refractivity contribution in [3.8, 4) is 11.8 Å². The van der Waals surface area contributed by atoms with Gasteiger partial charge in [-0.3, -0.25) is 0 Å². The Morgan fingerprint density at radius 2 is 1.73 bits per heavy atom. The third kappa shape index (κ3) is 5.49.